The molecule has 0 unspecified atom stereocenters. The van der Waals surface area contributed by atoms with Crippen LogP contribution in [0, 0.1) is 0 Å². The van der Waals surface area contributed by atoms with Gasteiger partial charge in [0, 0.05) is 13.2 Å². The van der Waals surface area contributed by atoms with Crippen LogP contribution >= 0.6 is 0 Å². The molecule has 0 aromatic rings. The van der Waals surface area contributed by atoms with Crippen molar-refractivity contribution in [2.75, 3.05) is 13.7 Å². The van der Waals surface area contributed by atoms with E-state index < -0.39 is 5.97 Å². The molecule has 0 aliphatic heterocycles. The van der Waals surface area contributed by atoms with Crippen LogP contribution in [0.4, 0.5) is 0 Å². The van der Waals surface area contributed by atoms with Gasteiger partial charge in [0.05, 0.1) is 6.61 Å². The summed E-state index contributed by atoms with van der Waals surface area (Å²) < 4.78 is 4.67. The topological polar surface area (TPSA) is 50.7 Å². The summed E-state index contributed by atoms with van der Waals surface area (Å²) in [6.07, 6.45) is 1.44. The molecule has 0 saturated heterocycles. The van der Waals surface area contributed by atoms with Crippen LogP contribution < -0.4 is 5.32 Å². The average molecular weight is 156 g/mol. The molecule has 62 valence electrons. The lowest BCUT2D eigenvalue weighted by Gasteiger charge is -2.00. The Morgan fingerprint density at radius 1 is 1.82 bits per heavy atom. The van der Waals surface area contributed by atoms with E-state index in [1.807, 2.05) is 0 Å². The number of nitrogens with one attached hydrogen (secondary N) is 1. The van der Waals surface area contributed by atoms with Gasteiger partial charge in [-0.25, -0.2) is 4.79 Å². The molecule has 1 N–H and O–H groups in total. The standard InChI is InChI=1S/C7H12N2O2/c1-4-11-7(10)6(9-3)5-8-2/h5,8H,3-4H2,1-2H3/b6-5-. The van der Waals surface area contributed by atoms with Gasteiger partial charge in [0.25, 0.3) is 0 Å². The molecule has 0 bridgehead atoms. The third-order valence-corrected chi connectivity index (χ3v) is 0.936. The zero-order chi connectivity index (χ0) is 8.69. The first-order valence-corrected chi connectivity index (χ1v) is 3.27. The number of aliphatic imine (C=N–C) groups is 1. The summed E-state index contributed by atoms with van der Waals surface area (Å²) in [6, 6.07) is 0. The maximum absolute atomic E-state index is 10.9. The molecular formula is C7H12N2O2. The van der Waals surface area contributed by atoms with Crippen LogP contribution in [0.5, 0.6) is 0 Å². The second-order valence-electron chi connectivity index (χ2n) is 1.70. The van der Waals surface area contributed by atoms with Crippen LogP contribution in [0.25, 0.3) is 0 Å². The van der Waals surface area contributed by atoms with Gasteiger partial charge in [0.2, 0.25) is 0 Å². The van der Waals surface area contributed by atoms with E-state index >= 15 is 0 Å². The molecule has 11 heavy (non-hydrogen) atoms. The quantitative estimate of drug-likeness (QED) is 0.362. The van der Waals surface area contributed by atoms with Crippen LogP contribution in [0.2, 0.25) is 0 Å². The molecule has 0 rings (SSSR count). The minimum atomic E-state index is -0.461. The van der Waals surface area contributed by atoms with Crippen molar-refractivity contribution >= 4 is 12.7 Å². The number of hydrogen-bond acceptors (Lipinski definition) is 4. The third kappa shape index (κ3) is 3.40. The zero-order valence-corrected chi connectivity index (χ0v) is 6.76. The monoisotopic (exact) mass is 156 g/mol. The van der Waals surface area contributed by atoms with E-state index in [1.54, 1.807) is 14.0 Å². The SMILES string of the molecule is C=N/C(=C\NC)C(=O)OCC. The fourth-order valence-electron chi connectivity index (χ4n) is 0.511. The highest BCUT2D eigenvalue weighted by Crippen LogP contribution is 1.96. The van der Waals surface area contributed by atoms with E-state index in [1.165, 1.54) is 6.20 Å². The lowest BCUT2D eigenvalue weighted by atomic mass is 10.5. The normalized spacial score (nSPS) is 10.5. The lowest BCUT2D eigenvalue weighted by Crippen LogP contribution is -2.08. The van der Waals surface area contributed by atoms with Crippen LogP contribution in [-0.4, -0.2) is 26.3 Å². The largest absolute Gasteiger partial charge is 0.461 e. The Bertz CT molecular complexity index is 175. The highest BCUT2D eigenvalue weighted by atomic mass is 16.5. The number of nitrogens with zero attached hydrogens (tertiary/aromatic N) is 1. The van der Waals surface area contributed by atoms with E-state index in [2.05, 4.69) is 21.8 Å². The molecule has 0 heterocycles. The summed E-state index contributed by atoms with van der Waals surface area (Å²) in [5.74, 6) is -0.461. The summed E-state index contributed by atoms with van der Waals surface area (Å²) in [4.78, 5) is 14.4. The van der Waals surface area contributed by atoms with Gasteiger partial charge in [-0.15, -0.1) is 0 Å². The van der Waals surface area contributed by atoms with E-state index in [0.717, 1.165) is 0 Å². The number of hydrogen-bond donors (Lipinski definition) is 1. The highest BCUT2D eigenvalue weighted by Gasteiger charge is 2.06. The van der Waals surface area contributed by atoms with Crippen molar-refractivity contribution in [1.82, 2.24) is 5.32 Å². The Hall–Kier alpha value is -1.32. The molecular weight excluding hydrogens is 144 g/mol. The minimum Gasteiger partial charge on any atom is -0.461 e. The fourth-order valence-corrected chi connectivity index (χ4v) is 0.511. The van der Waals surface area contributed by atoms with Crippen molar-refractivity contribution in [1.29, 1.82) is 0 Å². The predicted molar refractivity (Wildman–Crippen MR) is 43.3 cm³/mol. The molecule has 0 atom stereocenters. The Balaban J connectivity index is 4.14. The Labute approximate surface area is 66.0 Å². The van der Waals surface area contributed by atoms with Gasteiger partial charge in [-0.05, 0) is 13.6 Å². The van der Waals surface area contributed by atoms with Gasteiger partial charge in [-0.3, -0.25) is 4.99 Å². The van der Waals surface area contributed by atoms with E-state index in [4.69, 9.17) is 0 Å². The number of esters is 1. The molecule has 0 aliphatic rings. The molecule has 0 radical (unpaired) electrons. The van der Waals surface area contributed by atoms with Crippen LogP contribution in [0.15, 0.2) is 16.9 Å². The number of ether oxygens (including phenoxy) is 1. The van der Waals surface area contributed by atoms with Crippen molar-refractivity contribution in [3.05, 3.63) is 11.9 Å². The number of carbonyl (C=O) groups excluding carboxylic acids is 1. The van der Waals surface area contributed by atoms with Crippen molar-refractivity contribution < 1.29 is 9.53 Å². The maximum Gasteiger partial charge on any atom is 0.358 e. The molecule has 0 fully saturated rings. The second kappa shape index (κ2) is 5.46. The number of carbonyl (C=O) groups is 1. The first-order valence-electron chi connectivity index (χ1n) is 3.27. The Kier molecular flexibility index (Phi) is 4.81. The summed E-state index contributed by atoms with van der Waals surface area (Å²) in [5.41, 5.74) is 0.189. The van der Waals surface area contributed by atoms with Crippen LogP contribution in [0.3, 0.4) is 0 Å². The minimum absolute atomic E-state index is 0.189. The summed E-state index contributed by atoms with van der Waals surface area (Å²) in [7, 11) is 1.67. The summed E-state index contributed by atoms with van der Waals surface area (Å²) in [6.45, 7) is 5.30. The van der Waals surface area contributed by atoms with Crippen LogP contribution in [-0.2, 0) is 9.53 Å². The van der Waals surface area contributed by atoms with Gasteiger partial charge in [-0.2, -0.15) is 0 Å². The molecule has 0 aromatic heterocycles. The first kappa shape index (κ1) is 9.68. The number of rotatable bonds is 4. The van der Waals surface area contributed by atoms with E-state index in [0.29, 0.717) is 6.61 Å². The molecule has 0 spiro atoms. The molecule has 4 nitrogen and oxygen atoms in total. The highest BCUT2D eigenvalue weighted by molar-refractivity contribution is 5.88. The molecule has 0 saturated carbocycles. The lowest BCUT2D eigenvalue weighted by molar-refractivity contribution is -0.138. The summed E-state index contributed by atoms with van der Waals surface area (Å²) >= 11 is 0. The first-order chi connectivity index (χ1) is 5.26. The van der Waals surface area contributed by atoms with Crippen LogP contribution in [0.1, 0.15) is 6.92 Å². The predicted octanol–water partition coefficient (Wildman–Crippen LogP) is 0.311. The van der Waals surface area contributed by atoms with Gasteiger partial charge in [0.15, 0.2) is 5.70 Å². The average Bonchev–Trinajstić information content (AvgIpc) is 2.00. The maximum atomic E-state index is 10.9. The molecule has 0 aromatic carbocycles. The van der Waals surface area contributed by atoms with Gasteiger partial charge >= 0.3 is 5.97 Å². The summed E-state index contributed by atoms with van der Waals surface area (Å²) in [5, 5.41) is 2.66. The van der Waals surface area contributed by atoms with E-state index in [9.17, 15) is 4.79 Å². The third-order valence-electron chi connectivity index (χ3n) is 0.936. The molecule has 0 amide bonds. The van der Waals surface area contributed by atoms with Crippen molar-refractivity contribution in [2.45, 2.75) is 6.92 Å². The van der Waals surface area contributed by atoms with E-state index in [-0.39, 0.29) is 5.70 Å². The van der Waals surface area contributed by atoms with Gasteiger partial charge in [-0.1, -0.05) is 0 Å². The van der Waals surface area contributed by atoms with Crippen molar-refractivity contribution in [3.8, 4) is 0 Å². The smallest absolute Gasteiger partial charge is 0.358 e. The Morgan fingerprint density at radius 3 is 2.82 bits per heavy atom. The van der Waals surface area contributed by atoms with Gasteiger partial charge in [0.1, 0.15) is 0 Å². The molecule has 4 heteroatoms. The van der Waals surface area contributed by atoms with Crippen molar-refractivity contribution in [2.24, 2.45) is 4.99 Å². The Morgan fingerprint density at radius 2 is 2.45 bits per heavy atom. The van der Waals surface area contributed by atoms with Crippen molar-refractivity contribution in [3.63, 3.8) is 0 Å². The zero-order valence-electron chi connectivity index (χ0n) is 6.76. The second-order valence-corrected chi connectivity index (χ2v) is 1.70. The fraction of sp³-hybridized carbons (Fsp3) is 0.429. The molecule has 0 aliphatic carbocycles. The van der Waals surface area contributed by atoms with Gasteiger partial charge < -0.3 is 10.1 Å².